The number of sulfone groups is 1. The number of hydrogen-bond acceptors (Lipinski definition) is 5. The first-order valence-corrected chi connectivity index (χ1v) is 20.3. The van der Waals surface area contributed by atoms with Crippen molar-refractivity contribution in [3.63, 3.8) is 0 Å². The van der Waals surface area contributed by atoms with Crippen molar-refractivity contribution in [2.75, 3.05) is 52.1 Å². The van der Waals surface area contributed by atoms with Gasteiger partial charge in [-0.3, -0.25) is 4.90 Å². The van der Waals surface area contributed by atoms with Gasteiger partial charge < -0.3 is 14.9 Å². The van der Waals surface area contributed by atoms with Crippen molar-refractivity contribution in [3.05, 3.63) is 100 Å². The largest absolute Gasteiger partial charge is 0.392 e. The van der Waals surface area contributed by atoms with Crippen LogP contribution in [0.1, 0.15) is 91.7 Å². The molecule has 4 heterocycles. The van der Waals surface area contributed by atoms with Crippen molar-refractivity contribution in [2.24, 2.45) is 5.41 Å². The van der Waals surface area contributed by atoms with Crippen LogP contribution in [0.15, 0.2) is 71.6 Å². The second kappa shape index (κ2) is 15.1. The molecule has 0 spiro atoms. The Morgan fingerprint density at radius 1 is 0.812 bits per heavy atom. The molecule has 3 fully saturated rings. The molecule has 0 aliphatic carbocycles. The lowest BCUT2D eigenvalue weighted by Gasteiger charge is -2.50. The summed E-state index contributed by atoms with van der Waals surface area (Å²) < 4.78 is 29.5. The Bertz CT molecular complexity index is 1590. The lowest BCUT2D eigenvalue weighted by Crippen LogP contribution is -2.66. The summed E-state index contributed by atoms with van der Waals surface area (Å²) in [6.45, 7) is 13.7. The van der Waals surface area contributed by atoms with E-state index in [1.807, 2.05) is 19.2 Å². The quantitative estimate of drug-likeness (QED) is 0.192. The lowest BCUT2D eigenvalue weighted by molar-refractivity contribution is -0.953. The number of nitrogens with zero attached hydrogens (tertiary/aromatic N) is 2. The Labute approximate surface area is 290 Å². The SMILES string of the molecule is CCCCC1(CCCC)CS(=O)(=O)c2ccc(CNC)cc2[C@@H](c2ccc(CCc3ccc(C[N+]45CCN(CC4)CC5)cc3)cc2)[C@H]1O. The van der Waals surface area contributed by atoms with Gasteiger partial charge in [0.2, 0.25) is 0 Å². The molecule has 6 nitrogen and oxygen atoms in total. The topological polar surface area (TPSA) is 69.6 Å². The molecule has 3 aromatic rings. The van der Waals surface area contributed by atoms with Gasteiger partial charge in [0.15, 0.2) is 9.84 Å². The summed E-state index contributed by atoms with van der Waals surface area (Å²) in [6.07, 6.45) is 6.32. The Hall–Kier alpha value is -2.55. The molecule has 7 rings (SSSR count). The lowest BCUT2D eigenvalue weighted by atomic mass is 9.68. The van der Waals surface area contributed by atoms with Gasteiger partial charge in [-0.1, -0.05) is 100 Å². The number of rotatable bonds is 14. The number of quaternary nitrogens is 1. The minimum Gasteiger partial charge on any atom is -0.392 e. The van der Waals surface area contributed by atoms with E-state index in [-0.39, 0.29) is 5.75 Å². The maximum Gasteiger partial charge on any atom is 0.179 e. The zero-order valence-corrected chi connectivity index (χ0v) is 30.4. The van der Waals surface area contributed by atoms with Gasteiger partial charge in [-0.05, 0) is 66.6 Å². The summed E-state index contributed by atoms with van der Waals surface area (Å²) in [5.74, 6) is -0.399. The van der Waals surface area contributed by atoms with Gasteiger partial charge in [-0.2, -0.15) is 0 Å². The van der Waals surface area contributed by atoms with Crippen LogP contribution in [-0.2, 0) is 35.8 Å². The molecule has 4 aliphatic rings. The first-order valence-electron chi connectivity index (χ1n) is 18.6. The molecule has 2 atom stereocenters. The van der Waals surface area contributed by atoms with Crippen molar-refractivity contribution in [2.45, 2.75) is 95.2 Å². The van der Waals surface area contributed by atoms with E-state index in [9.17, 15) is 13.5 Å². The predicted octanol–water partition coefficient (Wildman–Crippen LogP) is 6.48. The molecule has 2 bridgehead atoms. The number of unbranched alkanes of at least 4 members (excludes halogenated alkanes) is 2. The first-order chi connectivity index (χ1) is 23.2. The average molecular weight is 673 g/mol. The van der Waals surface area contributed by atoms with Gasteiger partial charge in [0, 0.05) is 43.1 Å². The van der Waals surface area contributed by atoms with E-state index in [0.717, 1.165) is 61.8 Å². The van der Waals surface area contributed by atoms with Crippen LogP contribution < -0.4 is 5.32 Å². The monoisotopic (exact) mass is 672 g/mol. The molecule has 0 amide bonds. The highest BCUT2D eigenvalue weighted by Gasteiger charge is 2.49. The van der Waals surface area contributed by atoms with E-state index in [2.05, 4.69) is 72.6 Å². The maximum absolute atomic E-state index is 14.1. The number of benzene rings is 3. The standard InChI is InChI=1S/C41H58N3O3S/c1-4-6-20-41(21-7-5-2)31-48(46,47)38-19-16-35(29-42-3)28-37(38)39(40(41)45)36-17-14-33(15-18-36)9-8-32-10-12-34(13-11-32)30-44-25-22-43(23-26-44)24-27-44/h10-19,28,39-40,42,45H,4-9,20-27,29-31H2,1-3H3/q+1/t39-,40-/m1/s1. The molecule has 48 heavy (non-hydrogen) atoms. The first kappa shape index (κ1) is 35.3. The number of aliphatic hydroxyl groups is 1. The fourth-order valence-electron chi connectivity index (χ4n) is 8.84. The van der Waals surface area contributed by atoms with E-state index in [4.69, 9.17) is 0 Å². The number of nitrogens with one attached hydrogen (secondary N) is 1. The number of aryl methyl sites for hydroxylation is 2. The average Bonchev–Trinajstić information content (AvgIpc) is 3.17. The third-order valence-corrected chi connectivity index (χ3v) is 13.9. The normalized spacial score (nSPS) is 25.8. The Balaban J connectivity index is 1.23. The van der Waals surface area contributed by atoms with Gasteiger partial charge in [-0.15, -0.1) is 0 Å². The van der Waals surface area contributed by atoms with E-state index in [1.54, 1.807) is 6.07 Å². The third-order valence-electron chi connectivity index (χ3n) is 11.9. The second-order valence-corrected chi connectivity index (χ2v) is 17.2. The molecule has 0 unspecified atom stereocenters. The minimum atomic E-state index is -3.60. The van der Waals surface area contributed by atoms with E-state index in [1.165, 1.54) is 60.4 Å². The van der Waals surface area contributed by atoms with Crippen LogP contribution in [0.2, 0.25) is 0 Å². The number of fused-ring (bicyclic) bond motifs is 4. The summed E-state index contributed by atoms with van der Waals surface area (Å²) in [5.41, 5.74) is 6.16. The van der Waals surface area contributed by atoms with Crippen LogP contribution in [0.4, 0.5) is 0 Å². The molecular weight excluding hydrogens is 615 g/mol. The fraction of sp³-hybridized carbons (Fsp3) is 0.561. The highest BCUT2D eigenvalue weighted by atomic mass is 32.2. The van der Waals surface area contributed by atoms with Crippen molar-refractivity contribution in [1.29, 1.82) is 0 Å². The fourth-order valence-corrected chi connectivity index (χ4v) is 11.0. The number of piperazine rings is 3. The molecule has 0 radical (unpaired) electrons. The van der Waals surface area contributed by atoms with E-state index >= 15 is 0 Å². The zero-order chi connectivity index (χ0) is 33.8. The van der Waals surface area contributed by atoms with Gasteiger partial charge in [0.1, 0.15) is 6.54 Å². The molecule has 4 aliphatic heterocycles. The second-order valence-electron chi connectivity index (χ2n) is 15.2. The summed E-state index contributed by atoms with van der Waals surface area (Å²) in [7, 11) is -1.69. The van der Waals surface area contributed by atoms with E-state index < -0.39 is 27.3 Å². The molecular formula is C41H58N3O3S+. The van der Waals surface area contributed by atoms with Crippen LogP contribution >= 0.6 is 0 Å². The van der Waals surface area contributed by atoms with Gasteiger partial charge in [0.25, 0.3) is 0 Å². The van der Waals surface area contributed by atoms with Crippen LogP contribution in [-0.4, -0.2) is 81.1 Å². The molecule has 3 saturated heterocycles. The van der Waals surface area contributed by atoms with Crippen molar-refractivity contribution >= 4 is 9.84 Å². The molecule has 2 N–H and O–H groups in total. The summed E-state index contributed by atoms with van der Waals surface area (Å²) in [6, 6.07) is 23.8. The Morgan fingerprint density at radius 2 is 1.35 bits per heavy atom. The number of aliphatic hydroxyl groups excluding tert-OH is 1. The van der Waals surface area contributed by atoms with Crippen molar-refractivity contribution < 1.29 is 18.0 Å². The van der Waals surface area contributed by atoms with Crippen molar-refractivity contribution in [3.8, 4) is 0 Å². The highest BCUT2D eigenvalue weighted by molar-refractivity contribution is 7.91. The molecule has 0 aromatic heterocycles. The Kier molecular flexibility index (Phi) is 11.1. The number of hydrogen-bond donors (Lipinski definition) is 2. The molecule has 0 saturated carbocycles. The molecule has 3 aromatic carbocycles. The third kappa shape index (κ3) is 7.61. The summed E-state index contributed by atoms with van der Waals surface area (Å²) in [4.78, 5) is 2.99. The van der Waals surface area contributed by atoms with Gasteiger partial charge in [0.05, 0.1) is 36.4 Å². The molecule has 260 valence electrons. The van der Waals surface area contributed by atoms with Crippen LogP contribution in [0, 0.1) is 5.41 Å². The zero-order valence-electron chi connectivity index (χ0n) is 29.6. The summed E-state index contributed by atoms with van der Waals surface area (Å²) in [5, 5.41) is 15.7. The summed E-state index contributed by atoms with van der Waals surface area (Å²) >= 11 is 0. The highest BCUT2D eigenvalue weighted by Crippen LogP contribution is 2.49. The predicted molar refractivity (Wildman–Crippen MR) is 196 cm³/mol. The molecule has 7 heteroatoms. The maximum atomic E-state index is 14.1. The smallest absolute Gasteiger partial charge is 0.179 e. The van der Waals surface area contributed by atoms with E-state index in [0.29, 0.717) is 24.3 Å². The van der Waals surface area contributed by atoms with Crippen LogP contribution in [0.25, 0.3) is 0 Å². The van der Waals surface area contributed by atoms with Gasteiger partial charge in [-0.25, -0.2) is 8.42 Å². The van der Waals surface area contributed by atoms with Gasteiger partial charge >= 0.3 is 0 Å². The van der Waals surface area contributed by atoms with Crippen LogP contribution in [0.3, 0.4) is 0 Å². The van der Waals surface area contributed by atoms with Crippen molar-refractivity contribution in [1.82, 2.24) is 10.2 Å². The minimum absolute atomic E-state index is 0.00547. The Morgan fingerprint density at radius 3 is 1.92 bits per heavy atom. The van der Waals surface area contributed by atoms with Crippen LogP contribution in [0.5, 0.6) is 0 Å².